The Bertz CT molecular complexity index is 582. The quantitative estimate of drug-likeness (QED) is 0.734. The molecule has 1 aromatic rings. The second-order valence-electron chi connectivity index (χ2n) is 3.81. The number of fused-ring (bicyclic) bond motifs is 1. The van der Waals surface area contributed by atoms with Crippen LogP contribution in [0.5, 0.6) is 0 Å². The van der Waals surface area contributed by atoms with Gasteiger partial charge in [0.25, 0.3) is 5.91 Å². The van der Waals surface area contributed by atoms with Crippen LogP contribution in [-0.2, 0) is 4.79 Å². The van der Waals surface area contributed by atoms with Gasteiger partial charge in [-0.2, -0.15) is 0 Å². The number of azo groups is 1. The topological polar surface area (TPSA) is 54.7 Å². The van der Waals surface area contributed by atoms with E-state index in [4.69, 9.17) is 0 Å². The van der Waals surface area contributed by atoms with Crippen molar-refractivity contribution in [2.75, 3.05) is 0 Å². The number of pyridine rings is 1. The molecule has 1 atom stereocenters. The number of allylic oxidation sites excluding steroid dienone is 3. The van der Waals surface area contributed by atoms with Gasteiger partial charge in [-0.25, -0.2) is 0 Å². The zero-order chi connectivity index (χ0) is 11.7. The fraction of sp³-hybridized carbons (Fsp3) is 0.0769. The molecular formula is C13H9N3O. The maximum atomic E-state index is 11.6. The normalized spacial score (nSPS) is 21.9. The van der Waals surface area contributed by atoms with Gasteiger partial charge in [0.05, 0.1) is 11.6 Å². The van der Waals surface area contributed by atoms with E-state index in [2.05, 4.69) is 15.2 Å². The van der Waals surface area contributed by atoms with Gasteiger partial charge in [0, 0.05) is 18.0 Å². The summed E-state index contributed by atoms with van der Waals surface area (Å²) in [5.41, 5.74) is 2.49. The van der Waals surface area contributed by atoms with Crippen LogP contribution in [0.2, 0.25) is 0 Å². The first-order chi connectivity index (χ1) is 8.36. The molecule has 1 aromatic heterocycles. The van der Waals surface area contributed by atoms with Gasteiger partial charge in [-0.3, -0.25) is 9.78 Å². The Morgan fingerprint density at radius 2 is 2.12 bits per heavy atom. The fourth-order valence-electron chi connectivity index (χ4n) is 1.93. The van der Waals surface area contributed by atoms with Gasteiger partial charge in [-0.15, -0.1) is 10.2 Å². The summed E-state index contributed by atoms with van der Waals surface area (Å²) in [5.74, 6) is -0.513. The average molecular weight is 223 g/mol. The molecule has 1 amide bonds. The molecule has 4 heteroatoms. The Hall–Kier alpha value is -2.36. The molecule has 0 saturated heterocycles. The van der Waals surface area contributed by atoms with Crippen molar-refractivity contribution in [2.24, 2.45) is 16.1 Å². The molecule has 1 aliphatic heterocycles. The molecule has 3 rings (SSSR count). The standard InChI is InChI=1S/C13H9N3O/c17-13-11-6-2-1-5-10(11)12(15-16-13)9-4-3-7-14-8-9/h1-8,11H. The van der Waals surface area contributed by atoms with Crippen LogP contribution in [0.4, 0.5) is 0 Å². The highest BCUT2D eigenvalue weighted by Crippen LogP contribution is 2.33. The summed E-state index contributed by atoms with van der Waals surface area (Å²) in [6.07, 6.45) is 10.9. The van der Waals surface area contributed by atoms with Crippen molar-refractivity contribution in [3.63, 3.8) is 0 Å². The van der Waals surface area contributed by atoms with E-state index in [0.717, 1.165) is 16.8 Å². The van der Waals surface area contributed by atoms with Crippen LogP contribution in [0.25, 0.3) is 5.70 Å². The summed E-state index contributed by atoms with van der Waals surface area (Å²) >= 11 is 0. The predicted octanol–water partition coefficient (Wildman–Crippen LogP) is 2.53. The monoisotopic (exact) mass is 223 g/mol. The Morgan fingerprint density at radius 1 is 1.18 bits per heavy atom. The number of hydrogen-bond acceptors (Lipinski definition) is 3. The number of hydrogen-bond donors (Lipinski definition) is 0. The van der Waals surface area contributed by atoms with E-state index in [9.17, 15) is 4.79 Å². The van der Waals surface area contributed by atoms with E-state index in [1.165, 1.54) is 0 Å². The van der Waals surface area contributed by atoms with Crippen molar-refractivity contribution in [3.8, 4) is 0 Å². The molecule has 2 aliphatic rings. The van der Waals surface area contributed by atoms with Crippen LogP contribution in [0, 0.1) is 5.92 Å². The second kappa shape index (κ2) is 3.90. The molecule has 82 valence electrons. The van der Waals surface area contributed by atoms with Crippen molar-refractivity contribution in [1.82, 2.24) is 4.98 Å². The molecule has 0 aromatic carbocycles. The lowest BCUT2D eigenvalue weighted by Gasteiger charge is -2.19. The zero-order valence-electron chi connectivity index (χ0n) is 8.95. The molecule has 0 fully saturated rings. The van der Waals surface area contributed by atoms with Crippen molar-refractivity contribution in [2.45, 2.75) is 0 Å². The summed E-state index contributed by atoms with van der Waals surface area (Å²) in [5, 5.41) is 7.68. The van der Waals surface area contributed by atoms with Gasteiger partial charge in [0.15, 0.2) is 0 Å². The molecule has 2 heterocycles. The highest BCUT2D eigenvalue weighted by atomic mass is 16.2. The van der Waals surface area contributed by atoms with Gasteiger partial charge in [0.1, 0.15) is 0 Å². The molecule has 17 heavy (non-hydrogen) atoms. The Labute approximate surface area is 98.1 Å². The summed E-state index contributed by atoms with van der Waals surface area (Å²) in [6, 6.07) is 3.75. The van der Waals surface area contributed by atoms with Crippen molar-refractivity contribution >= 4 is 11.6 Å². The average Bonchev–Trinajstić information content (AvgIpc) is 2.41. The van der Waals surface area contributed by atoms with Crippen LogP contribution in [0.1, 0.15) is 5.56 Å². The van der Waals surface area contributed by atoms with E-state index < -0.39 is 0 Å². The van der Waals surface area contributed by atoms with Crippen LogP contribution < -0.4 is 0 Å². The number of carbonyl (C=O) groups is 1. The van der Waals surface area contributed by atoms with Gasteiger partial charge in [-0.1, -0.05) is 24.3 Å². The van der Waals surface area contributed by atoms with Crippen molar-refractivity contribution < 1.29 is 4.79 Å². The minimum Gasteiger partial charge on any atom is -0.270 e. The van der Waals surface area contributed by atoms with Gasteiger partial charge in [-0.05, 0) is 17.7 Å². The lowest BCUT2D eigenvalue weighted by atomic mass is 9.90. The molecule has 4 nitrogen and oxygen atoms in total. The van der Waals surface area contributed by atoms with E-state index >= 15 is 0 Å². The minimum absolute atomic E-state index is 0.215. The van der Waals surface area contributed by atoms with Crippen molar-refractivity contribution in [3.05, 3.63) is 60.0 Å². The SMILES string of the molecule is O=C1N=NC(c2cccnc2)=C2C=CC=CC12. The lowest BCUT2D eigenvalue weighted by molar-refractivity contribution is -0.119. The maximum Gasteiger partial charge on any atom is 0.276 e. The molecule has 0 bridgehead atoms. The Morgan fingerprint density at radius 3 is 2.94 bits per heavy atom. The first kappa shape index (κ1) is 9.84. The second-order valence-corrected chi connectivity index (χ2v) is 3.81. The summed E-state index contributed by atoms with van der Waals surface area (Å²) < 4.78 is 0. The summed E-state index contributed by atoms with van der Waals surface area (Å²) in [4.78, 5) is 15.7. The number of rotatable bonds is 1. The van der Waals surface area contributed by atoms with Crippen molar-refractivity contribution in [1.29, 1.82) is 0 Å². The maximum absolute atomic E-state index is 11.6. The van der Waals surface area contributed by atoms with E-state index in [1.54, 1.807) is 12.4 Å². The van der Waals surface area contributed by atoms with E-state index in [0.29, 0.717) is 0 Å². The highest BCUT2D eigenvalue weighted by molar-refractivity contribution is 5.91. The largest absolute Gasteiger partial charge is 0.276 e. The Balaban J connectivity index is 2.16. The molecule has 0 spiro atoms. The van der Waals surface area contributed by atoms with Crippen LogP contribution in [-0.4, -0.2) is 10.9 Å². The third-order valence-corrected chi connectivity index (χ3v) is 2.75. The first-order valence-corrected chi connectivity index (χ1v) is 5.31. The lowest BCUT2D eigenvalue weighted by Crippen LogP contribution is -2.17. The summed E-state index contributed by atoms with van der Waals surface area (Å²) in [6.45, 7) is 0. The molecule has 1 unspecified atom stereocenters. The minimum atomic E-state index is -0.298. The molecule has 0 saturated carbocycles. The van der Waals surface area contributed by atoms with Gasteiger partial charge >= 0.3 is 0 Å². The number of aromatic nitrogens is 1. The van der Waals surface area contributed by atoms with Gasteiger partial charge in [0.2, 0.25) is 0 Å². The van der Waals surface area contributed by atoms with Crippen LogP contribution in [0.15, 0.2) is 64.6 Å². The number of carbonyl (C=O) groups excluding carboxylic acids is 1. The van der Waals surface area contributed by atoms with Crippen LogP contribution in [0.3, 0.4) is 0 Å². The Kier molecular flexibility index (Phi) is 2.26. The molecular weight excluding hydrogens is 214 g/mol. The molecule has 0 radical (unpaired) electrons. The van der Waals surface area contributed by atoms with E-state index in [1.807, 2.05) is 36.4 Å². The summed E-state index contributed by atoms with van der Waals surface area (Å²) in [7, 11) is 0. The van der Waals surface area contributed by atoms with Crippen LogP contribution >= 0.6 is 0 Å². The fourth-order valence-corrected chi connectivity index (χ4v) is 1.93. The van der Waals surface area contributed by atoms with Gasteiger partial charge < -0.3 is 0 Å². The third kappa shape index (κ3) is 1.63. The number of nitrogens with zero attached hydrogens (tertiary/aromatic N) is 3. The third-order valence-electron chi connectivity index (χ3n) is 2.75. The van der Waals surface area contributed by atoms with E-state index in [-0.39, 0.29) is 11.8 Å². The number of amides is 1. The smallest absolute Gasteiger partial charge is 0.270 e. The first-order valence-electron chi connectivity index (χ1n) is 5.31. The highest BCUT2D eigenvalue weighted by Gasteiger charge is 2.27. The molecule has 1 aliphatic carbocycles. The zero-order valence-corrected chi connectivity index (χ0v) is 8.95. The molecule has 0 N–H and O–H groups in total. The predicted molar refractivity (Wildman–Crippen MR) is 62.8 cm³/mol.